The second-order valence-corrected chi connectivity index (χ2v) is 7.37. The van der Waals surface area contributed by atoms with Crippen molar-refractivity contribution in [1.29, 1.82) is 0 Å². The molecule has 2 aromatic rings. The van der Waals surface area contributed by atoms with Gasteiger partial charge in [-0.15, -0.1) is 0 Å². The number of hydrogen-bond acceptors (Lipinski definition) is 5. The number of fused-ring (bicyclic) bond motifs is 1. The predicted molar refractivity (Wildman–Crippen MR) is 105 cm³/mol. The Bertz CT molecular complexity index is 1010. The van der Waals surface area contributed by atoms with Gasteiger partial charge in [0.1, 0.15) is 12.8 Å². The monoisotopic (exact) mass is 398 g/mol. The molecule has 152 valence electrons. The number of nitrogens with zero attached hydrogens (tertiary/aromatic N) is 2. The molecule has 2 fully saturated rings. The number of hydrogen-bond donors (Lipinski definition) is 2. The summed E-state index contributed by atoms with van der Waals surface area (Å²) in [5, 5.41) is 10.8. The fourth-order valence-corrected chi connectivity index (χ4v) is 3.94. The summed E-state index contributed by atoms with van der Waals surface area (Å²) in [5.74, 6) is 5.04. The molecule has 29 heavy (non-hydrogen) atoms. The minimum Gasteiger partial charge on any atom is -0.362 e. The summed E-state index contributed by atoms with van der Waals surface area (Å²) >= 11 is 0. The van der Waals surface area contributed by atoms with E-state index in [1.165, 1.54) is 0 Å². The Balaban J connectivity index is 1.55. The van der Waals surface area contributed by atoms with Gasteiger partial charge in [0.2, 0.25) is 11.8 Å². The minimum atomic E-state index is -1.01. The van der Waals surface area contributed by atoms with Crippen molar-refractivity contribution in [1.82, 2.24) is 20.4 Å². The number of aromatic nitrogens is 2. The molecule has 2 aliphatic rings. The van der Waals surface area contributed by atoms with Gasteiger partial charge >= 0.3 is 0 Å². The Morgan fingerprint density at radius 3 is 3.00 bits per heavy atom. The van der Waals surface area contributed by atoms with Crippen LogP contribution in [0.5, 0.6) is 0 Å². The van der Waals surface area contributed by atoms with Crippen molar-refractivity contribution < 1.29 is 18.7 Å². The summed E-state index contributed by atoms with van der Waals surface area (Å²) < 4.78 is 21.1. The molecule has 0 bridgehead atoms. The first kappa shape index (κ1) is 19.6. The van der Waals surface area contributed by atoms with Crippen molar-refractivity contribution >= 4 is 22.7 Å². The Morgan fingerprint density at radius 2 is 2.21 bits per heavy atom. The number of ether oxygens (including phenoxy) is 1. The van der Waals surface area contributed by atoms with Gasteiger partial charge in [-0.25, -0.2) is 4.39 Å². The molecule has 4 rings (SSSR count). The van der Waals surface area contributed by atoms with Crippen molar-refractivity contribution in [2.45, 2.75) is 37.5 Å². The van der Waals surface area contributed by atoms with Crippen LogP contribution in [0.15, 0.2) is 18.2 Å². The highest BCUT2D eigenvalue weighted by atomic mass is 19.1. The maximum absolute atomic E-state index is 13.8. The molecule has 0 aliphatic carbocycles. The first-order chi connectivity index (χ1) is 14.0. The number of piperidine rings is 2. The lowest BCUT2D eigenvalue weighted by atomic mass is 9.92. The molecule has 0 saturated carbocycles. The molecule has 2 N–H and O–H groups in total. The molecule has 2 saturated heterocycles. The molecule has 3 heterocycles. The second kappa shape index (κ2) is 8.31. The SMILES string of the molecule is Cn1nc(C2CCC(=O)NC2=O)c2cccc(C#CCO[C@@H]3CCNC[C@H]3F)c21. The van der Waals surface area contributed by atoms with Gasteiger partial charge in [-0.05, 0) is 25.5 Å². The third-order valence-corrected chi connectivity index (χ3v) is 5.40. The van der Waals surface area contributed by atoms with E-state index in [1.54, 1.807) is 4.68 Å². The predicted octanol–water partition coefficient (Wildman–Crippen LogP) is 1.16. The van der Waals surface area contributed by atoms with Crippen LogP contribution in [0.1, 0.15) is 36.4 Å². The molecular weight excluding hydrogens is 375 g/mol. The van der Waals surface area contributed by atoms with Crippen LogP contribution < -0.4 is 10.6 Å². The van der Waals surface area contributed by atoms with Crippen molar-refractivity contribution in [2.75, 3.05) is 19.7 Å². The molecule has 7 nitrogen and oxygen atoms in total. The minimum absolute atomic E-state index is 0.152. The number of alkyl halides is 1. The van der Waals surface area contributed by atoms with Crippen molar-refractivity contribution in [3.63, 3.8) is 0 Å². The van der Waals surface area contributed by atoms with E-state index in [4.69, 9.17) is 4.74 Å². The molecule has 3 atom stereocenters. The number of aryl methyl sites for hydroxylation is 1. The third-order valence-electron chi connectivity index (χ3n) is 5.40. The number of para-hydroxylation sites is 1. The highest BCUT2D eigenvalue weighted by molar-refractivity contribution is 6.02. The zero-order valence-electron chi connectivity index (χ0n) is 16.2. The lowest BCUT2D eigenvalue weighted by Crippen LogP contribution is -2.42. The van der Waals surface area contributed by atoms with Crippen LogP contribution in [0.2, 0.25) is 0 Å². The Kier molecular flexibility index (Phi) is 5.60. The standard InChI is InChI=1S/C21H23FN4O3/c1-26-20-13(5-3-11-29-17-9-10-23-12-16(17)22)4-2-6-14(20)19(25-26)15-7-8-18(27)24-21(15)28/h2,4,6,15-17,23H,7-12H2,1H3,(H,24,27,28)/t15?,16-,17-/m1/s1. The van der Waals surface area contributed by atoms with Crippen LogP contribution in [0.25, 0.3) is 10.9 Å². The molecule has 0 radical (unpaired) electrons. The number of imide groups is 1. The average Bonchev–Trinajstić information content (AvgIpc) is 3.04. The summed E-state index contributed by atoms with van der Waals surface area (Å²) in [4.78, 5) is 23.7. The normalized spacial score (nSPS) is 24.8. The largest absolute Gasteiger partial charge is 0.362 e. The lowest BCUT2D eigenvalue weighted by Gasteiger charge is -2.25. The first-order valence-corrected chi connectivity index (χ1v) is 9.79. The van der Waals surface area contributed by atoms with Gasteiger partial charge in [0.25, 0.3) is 0 Å². The van der Waals surface area contributed by atoms with E-state index in [0.29, 0.717) is 31.5 Å². The third kappa shape index (κ3) is 4.02. The van der Waals surface area contributed by atoms with Crippen LogP contribution >= 0.6 is 0 Å². The van der Waals surface area contributed by atoms with Crippen LogP contribution in [-0.2, 0) is 21.4 Å². The Morgan fingerprint density at radius 1 is 1.34 bits per heavy atom. The summed E-state index contributed by atoms with van der Waals surface area (Å²) in [7, 11) is 1.81. The summed E-state index contributed by atoms with van der Waals surface area (Å²) in [6.45, 7) is 1.21. The average molecular weight is 398 g/mol. The van der Waals surface area contributed by atoms with Crippen LogP contribution in [0.3, 0.4) is 0 Å². The smallest absolute Gasteiger partial charge is 0.235 e. The number of rotatable bonds is 3. The van der Waals surface area contributed by atoms with E-state index in [0.717, 1.165) is 23.0 Å². The van der Waals surface area contributed by atoms with Gasteiger partial charge < -0.3 is 10.1 Å². The van der Waals surface area contributed by atoms with Gasteiger partial charge in [0.15, 0.2) is 0 Å². The molecule has 0 spiro atoms. The fourth-order valence-electron chi connectivity index (χ4n) is 3.94. The van der Waals surface area contributed by atoms with Crippen LogP contribution in [0.4, 0.5) is 4.39 Å². The summed E-state index contributed by atoms with van der Waals surface area (Å²) in [6.07, 6.45) is -0.0481. The molecule has 1 aromatic heterocycles. The number of halogens is 1. The first-order valence-electron chi connectivity index (χ1n) is 9.79. The van der Waals surface area contributed by atoms with E-state index >= 15 is 0 Å². The number of carbonyl (C=O) groups is 2. The molecule has 1 aromatic carbocycles. The second-order valence-electron chi connectivity index (χ2n) is 7.37. The van der Waals surface area contributed by atoms with E-state index in [2.05, 4.69) is 27.6 Å². The summed E-state index contributed by atoms with van der Waals surface area (Å²) in [6, 6.07) is 5.66. The van der Waals surface area contributed by atoms with E-state index in [1.807, 2.05) is 25.2 Å². The zero-order valence-corrected chi connectivity index (χ0v) is 16.2. The zero-order chi connectivity index (χ0) is 20.4. The molecular formula is C21H23FN4O3. The highest BCUT2D eigenvalue weighted by Gasteiger charge is 2.31. The lowest BCUT2D eigenvalue weighted by molar-refractivity contribution is -0.134. The summed E-state index contributed by atoms with van der Waals surface area (Å²) in [5.41, 5.74) is 2.24. The van der Waals surface area contributed by atoms with Crippen molar-refractivity contribution in [2.24, 2.45) is 7.05 Å². The maximum atomic E-state index is 13.8. The molecule has 1 unspecified atom stereocenters. The quantitative estimate of drug-likeness (QED) is 0.599. The molecule has 8 heteroatoms. The Labute approximate surface area is 168 Å². The van der Waals surface area contributed by atoms with Gasteiger partial charge in [-0.3, -0.25) is 19.6 Å². The van der Waals surface area contributed by atoms with Crippen molar-refractivity contribution in [3.8, 4) is 11.8 Å². The van der Waals surface area contributed by atoms with E-state index in [9.17, 15) is 14.0 Å². The van der Waals surface area contributed by atoms with Gasteiger partial charge in [0.05, 0.1) is 28.8 Å². The fraction of sp³-hybridized carbons (Fsp3) is 0.476. The van der Waals surface area contributed by atoms with Crippen LogP contribution in [0, 0.1) is 11.8 Å². The number of nitrogens with one attached hydrogen (secondary N) is 2. The number of carbonyl (C=O) groups excluding carboxylic acids is 2. The molecule has 2 amide bonds. The van der Waals surface area contributed by atoms with Gasteiger partial charge in [-0.1, -0.05) is 24.0 Å². The van der Waals surface area contributed by atoms with E-state index < -0.39 is 18.2 Å². The topological polar surface area (TPSA) is 85.2 Å². The molecule has 2 aliphatic heterocycles. The van der Waals surface area contributed by atoms with Crippen molar-refractivity contribution in [3.05, 3.63) is 29.5 Å². The Hall–Kier alpha value is -2.76. The number of amides is 2. The highest BCUT2D eigenvalue weighted by Crippen LogP contribution is 2.31. The van der Waals surface area contributed by atoms with Gasteiger partial charge in [-0.2, -0.15) is 5.10 Å². The number of benzene rings is 1. The maximum Gasteiger partial charge on any atom is 0.235 e. The van der Waals surface area contributed by atoms with Gasteiger partial charge in [0, 0.05) is 25.4 Å². The van der Waals surface area contributed by atoms with E-state index in [-0.39, 0.29) is 18.4 Å². The van der Waals surface area contributed by atoms with Crippen LogP contribution in [-0.4, -0.2) is 53.6 Å².